The number of carboxylic acids is 1. The van der Waals surface area contributed by atoms with Crippen molar-refractivity contribution in [3.63, 3.8) is 0 Å². The Morgan fingerprint density at radius 3 is 2.26 bits per heavy atom. The molecule has 0 aromatic carbocycles. The van der Waals surface area contributed by atoms with E-state index in [1.165, 1.54) is 12.2 Å². The van der Waals surface area contributed by atoms with Crippen LogP contribution in [0.25, 0.3) is 0 Å². The summed E-state index contributed by atoms with van der Waals surface area (Å²) in [6, 6.07) is 0. The molecule has 0 fully saturated rings. The zero-order chi connectivity index (χ0) is 14.5. The van der Waals surface area contributed by atoms with E-state index in [1.54, 1.807) is 11.9 Å². The number of carboxylic acid groups (broad SMARTS) is 1. The topological polar surface area (TPSA) is 99.4 Å². The number of carbonyl (C=O) groups excluding carboxylic acids is 2. The van der Waals surface area contributed by atoms with Gasteiger partial charge >= 0.3 is 5.97 Å². The lowest BCUT2D eigenvalue weighted by Gasteiger charge is -2.15. The summed E-state index contributed by atoms with van der Waals surface area (Å²) in [5.74, 6) is -0.811. The number of isocyanates is 2. The van der Waals surface area contributed by atoms with Gasteiger partial charge in [-0.25, -0.2) is 19.6 Å². The Morgan fingerprint density at radius 2 is 1.79 bits per heavy atom. The molecule has 0 spiro atoms. The van der Waals surface area contributed by atoms with Crippen LogP contribution in [-0.2, 0) is 14.4 Å². The van der Waals surface area contributed by atoms with Crippen LogP contribution in [0.2, 0.25) is 0 Å². The van der Waals surface area contributed by atoms with Crippen molar-refractivity contribution in [3.05, 3.63) is 0 Å². The number of rotatable bonds is 11. The van der Waals surface area contributed by atoms with Crippen molar-refractivity contribution in [2.24, 2.45) is 15.9 Å². The summed E-state index contributed by atoms with van der Waals surface area (Å²) in [6.45, 7) is 1.32. The third kappa shape index (κ3) is 11.0. The van der Waals surface area contributed by atoms with Gasteiger partial charge in [0.15, 0.2) is 0 Å². The highest BCUT2D eigenvalue weighted by Crippen LogP contribution is 2.10. The van der Waals surface area contributed by atoms with Gasteiger partial charge in [-0.3, -0.25) is 9.69 Å². The van der Waals surface area contributed by atoms with Crippen LogP contribution >= 0.6 is 0 Å². The van der Waals surface area contributed by atoms with E-state index in [-0.39, 0.29) is 12.5 Å². The summed E-state index contributed by atoms with van der Waals surface area (Å²) in [4.78, 5) is 39.3. The first-order valence-corrected chi connectivity index (χ1v) is 6.07. The molecule has 0 amide bonds. The van der Waals surface area contributed by atoms with E-state index in [0.717, 1.165) is 19.3 Å². The Hall–Kier alpha value is -1.81. The van der Waals surface area contributed by atoms with E-state index >= 15 is 0 Å². The van der Waals surface area contributed by atoms with Gasteiger partial charge in [0.25, 0.3) is 0 Å². The molecule has 0 aromatic rings. The predicted octanol–water partition coefficient (Wildman–Crippen LogP) is 0.461. The second-order valence-electron chi connectivity index (χ2n) is 4.36. The Morgan fingerprint density at radius 1 is 1.21 bits per heavy atom. The average Bonchev–Trinajstić information content (AvgIpc) is 2.35. The standard InChI is InChI=1S/C12H19N3O4/c1-15(8-12(18)19)5-3-2-4-11(6-13-9-16)7-14-10-17/h11H,2-8H2,1H3,(H,18,19). The van der Waals surface area contributed by atoms with Crippen LogP contribution in [-0.4, -0.2) is 61.4 Å². The molecule has 0 saturated carbocycles. The number of hydrogen-bond donors (Lipinski definition) is 1. The molecule has 0 bridgehead atoms. The van der Waals surface area contributed by atoms with Gasteiger partial charge in [0.1, 0.15) is 0 Å². The predicted molar refractivity (Wildman–Crippen MR) is 68.5 cm³/mol. The highest BCUT2D eigenvalue weighted by molar-refractivity contribution is 5.68. The van der Waals surface area contributed by atoms with Crippen molar-refractivity contribution in [3.8, 4) is 0 Å². The van der Waals surface area contributed by atoms with E-state index in [2.05, 4.69) is 9.98 Å². The fourth-order valence-electron chi connectivity index (χ4n) is 1.70. The number of aliphatic imine (C=N–C) groups is 2. The van der Waals surface area contributed by atoms with E-state index in [9.17, 15) is 14.4 Å². The number of carbonyl (C=O) groups is 1. The lowest BCUT2D eigenvalue weighted by Crippen LogP contribution is -2.26. The Kier molecular flexibility index (Phi) is 10.2. The SMILES string of the molecule is CN(CCCCC(CN=C=O)CN=C=O)CC(=O)O. The number of hydrogen-bond acceptors (Lipinski definition) is 6. The smallest absolute Gasteiger partial charge is 0.317 e. The maximum atomic E-state index is 10.4. The number of aliphatic carboxylic acids is 1. The Bertz CT molecular complexity index is 340. The molecule has 0 aliphatic rings. The molecule has 0 rings (SSSR count). The van der Waals surface area contributed by atoms with E-state index < -0.39 is 5.97 Å². The van der Waals surface area contributed by atoms with Crippen LogP contribution in [0, 0.1) is 5.92 Å². The van der Waals surface area contributed by atoms with Crippen molar-refractivity contribution in [2.45, 2.75) is 19.3 Å². The molecule has 106 valence electrons. The summed E-state index contributed by atoms with van der Waals surface area (Å²) in [6.07, 6.45) is 5.41. The average molecular weight is 269 g/mol. The van der Waals surface area contributed by atoms with Gasteiger partial charge < -0.3 is 5.11 Å². The first-order valence-electron chi connectivity index (χ1n) is 6.07. The van der Waals surface area contributed by atoms with Crippen LogP contribution in [0.4, 0.5) is 0 Å². The van der Waals surface area contributed by atoms with E-state index in [0.29, 0.717) is 19.6 Å². The van der Waals surface area contributed by atoms with Crippen molar-refractivity contribution in [1.29, 1.82) is 0 Å². The highest BCUT2D eigenvalue weighted by Gasteiger charge is 2.08. The lowest BCUT2D eigenvalue weighted by atomic mass is 10.0. The minimum absolute atomic E-state index is 0.0221. The maximum Gasteiger partial charge on any atom is 0.317 e. The van der Waals surface area contributed by atoms with Crippen LogP contribution in [0.15, 0.2) is 9.98 Å². The van der Waals surface area contributed by atoms with Crippen LogP contribution < -0.4 is 0 Å². The molecule has 0 aromatic heterocycles. The largest absolute Gasteiger partial charge is 0.480 e. The molecule has 7 heteroatoms. The molecule has 0 aliphatic heterocycles. The Labute approximate surface area is 112 Å². The van der Waals surface area contributed by atoms with Gasteiger partial charge in [0.2, 0.25) is 12.2 Å². The molecule has 0 aliphatic carbocycles. The van der Waals surface area contributed by atoms with Crippen molar-refractivity contribution in [2.75, 3.05) is 33.2 Å². The molecule has 19 heavy (non-hydrogen) atoms. The molecule has 0 radical (unpaired) electrons. The second-order valence-corrected chi connectivity index (χ2v) is 4.36. The van der Waals surface area contributed by atoms with E-state index in [4.69, 9.17) is 5.11 Å². The van der Waals surface area contributed by atoms with Gasteiger partial charge in [-0.15, -0.1) is 0 Å². The van der Waals surface area contributed by atoms with Gasteiger partial charge in [0.05, 0.1) is 19.6 Å². The summed E-state index contributed by atoms with van der Waals surface area (Å²) in [7, 11) is 1.75. The summed E-state index contributed by atoms with van der Waals surface area (Å²) >= 11 is 0. The number of unbranched alkanes of at least 4 members (excludes halogenated alkanes) is 1. The highest BCUT2D eigenvalue weighted by atomic mass is 16.4. The molecule has 0 unspecified atom stereocenters. The normalized spacial score (nSPS) is 11.5. The molecular weight excluding hydrogens is 250 g/mol. The first-order chi connectivity index (χ1) is 9.10. The first kappa shape index (κ1) is 17.2. The molecule has 0 heterocycles. The van der Waals surface area contributed by atoms with E-state index in [1.807, 2.05) is 0 Å². The second kappa shape index (κ2) is 11.3. The lowest BCUT2D eigenvalue weighted by molar-refractivity contribution is -0.137. The van der Waals surface area contributed by atoms with Crippen LogP contribution in [0.3, 0.4) is 0 Å². The van der Waals surface area contributed by atoms with Crippen LogP contribution in [0.5, 0.6) is 0 Å². The monoisotopic (exact) mass is 269 g/mol. The zero-order valence-corrected chi connectivity index (χ0v) is 11.0. The third-order valence-electron chi connectivity index (χ3n) is 2.64. The molecular formula is C12H19N3O4. The molecule has 1 N–H and O–H groups in total. The summed E-state index contributed by atoms with van der Waals surface area (Å²) < 4.78 is 0. The van der Waals surface area contributed by atoms with Crippen molar-refractivity contribution < 1.29 is 19.5 Å². The number of nitrogens with zero attached hydrogens (tertiary/aromatic N) is 3. The zero-order valence-electron chi connectivity index (χ0n) is 11.0. The summed E-state index contributed by atoms with van der Waals surface area (Å²) in [5, 5.41) is 8.58. The minimum Gasteiger partial charge on any atom is -0.480 e. The van der Waals surface area contributed by atoms with Gasteiger partial charge in [0, 0.05) is 0 Å². The van der Waals surface area contributed by atoms with Gasteiger partial charge in [-0.05, 0) is 32.4 Å². The van der Waals surface area contributed by atoms with Crippen molar-refractivity contribution >= 4 is 18.1 Å². The minimum atomic E-state index is -0.846. The quantitative estimate of drug-likeness (QED) is 0.334. The number of likely N-dealkylation sites (N-methyl/N-ethyl adjacent to an activating group) is 1. The summed E-state index contributed by atoms with van der Waals surface area (Å²) in [5.41, 5.74) is 0. The Balaban J connectivity index is 3.87. The maximum absolute atomic E-state index is 10.4. The van der Waals surface area contributed by atoms with Crippen molar-refractivity contribution in [1.82, 2.24) is 4.90 Å². The van der Waals surface area contributed by atoms with Gasteiger partial charge in [-0.1, -0.05) is 6.42 Å². The third-order valence-corrected chi connectivity index (χ3v) is 2.64. The van der Waals surface area contributed by atoms with Gasteiger partial charge in [-0.2, -0.15) is 0 Å². The molecule has 0 atom stereocenters. The molecule has 0 saturated heterocycles. The van der Waals surface area contributed by atoms with Crippen LogP contribution in [0.1, 0.15) is 19.3 Å². The fraction of sp³-hybridized carbons (Fsp3) is 0.750. The molecule has 7 nitrogen and oxygen atoms in total. The fourth-order valence-corrected chi connectivity index (χ4v) is 1.70.